The number of urea groups is 1. The van der Waals surface area contributed by atoms with Gasteiger partial charge in [-0.2, -0.15) is 10.2 Å². The van der Waals surface area contributed by atoms with Gasteiger partial charge in [0.1, 0.15) is 0 Å². The van der Waals surface area contributed by atoms with Gasteiger partial charge in [0.2, 0.25) is 0 Å². The van der Waals surface area contributed by atoms with Crippen LogP contribution in [0.4, 0.5) is 4.79 Å². The maximum Gasteiger partial charge on any atom is 0.315 e. The zero-order chi connectivity index (χ0) is 12.7. The van der Waals surface area contributed by atoms with E-state index in [4.69, 9.17) is 5.11 Å². The van der Waals surface area contributed by atoms with E-state index in [2.05, 4.69) is 20.8 Å². The van der Waals surface area contributed by atoms with Gasteiger partial charge >= 0.3 is 12.0 Å². The number of amides is 2. The maximum atomic E-state index is 11.3. The summed E-state index contributed by atoms with van der Waals surface area (Å²) in [5.41, 5.74) is 0.633. The number of carbonyl (C=O) groups is 2. The fourth-order valence-electron chi connectivity index (χ4n) is 1.19. The first-order valence-corrected chi connectivity index (χ1v) is 5.10. The highest BCUT2D eigenvalue weighted by Crippen LogP contribution is 1.92. The number of carbonyl (C=O) groups excluding carboxylic acids is 1. The Labute approximate surface area is 98.2 Å². The Morgan fingerprint density at radius 2 is 2.29 bits per heavy atom. The van der Waals surface area contributed by atoms with Crippen LogP contribution in [0.15, 0.2) is 18.3 Å². The van der Waals surface area contributed by atoms with Gasteiger partial charge in [-0.05, 0) is 19.1 Å². The summed E-state index contributed by atoms with van der Waals surface area (Å²) in [6, 6.07) is 2.60. The summed E-state index contributed by atoms with van der Waals surface area (Å²) in [4.78, 5) is 21.7. The second-order valence-corrected chi connectivity index (χ2v) is 3.54. The van der Waals surface area contributed by atoms with Crippen molar-refractivity contribution in [1.82, 2.24) is 20.8 Å². The molecule has 7 nitrogen and oxygen atoms in total. The lowest BCUT2D eigenvalue weighted by atomic mass is 10.2. The second-order valence-electron chi connectivity index (χ2n) is 3.54. The number of hydrogen-bond acceptors (Lipinski definition) is 4. The molecular formula is C10H14N4O3. The first kappa shape index (κ1) is 12.9. The SMILES string of the molecule is CC(CC(=O)O)NC(=O)NCc1cccnn1. The molecule has 0 spiro atoms. The van der Waals surface area contributed by atoms with Crippen LogP contribution in [-0.4, -0.2) is 33.3 Å². The van der Waals surface area contributed by atoms with Crippen LogP contribution in [0.1, 0.15) is 19.0 Å². The zero-order valence-electron chi connectivity index (χ0n) is 9.38. The Balaban J connectivity index is 2.28. The second kappa shape index (κ2) is 6.41. The molecule has 1 atom stereocenters. The van der Waals surface area contributed by atoms with Crippen LogP contribution in [0.3, 0.4) is 0 Å². The third kappa shape index (κ3) is 5.45. The molecular weight excluding hydrogens is 224 g/mol. The highest BCUT2D eigenvalue weighted by molar-refractivity contribution is 5.75. The van der Waals surface area contributed by atoms with Gasteiger partial charge in [0.15, 0.2) is 0 Å². The maximum absolute atomic E-state index is 11.3. The van der Waals surface area contributed by atoms with Crippen LogP contribution >= 0.6 is 0 Å². The fourth-order valence-corrected chi connectivity index (χ4v) is 1.19. The van der Waals surface area contributed by atoms with Gasteiger partial charge in [-0.1, -0.05) is 0 Å². The Kier molecular flexibility index (Phi) is 4.86. The average Bonchev–Trinajstić information content (AvgIpc) is 2.26. The molecule has 7 heteroatoms. The molecule has 1 unspecified atom stereocenters. The van der Waals surface area contributed by atoms with Crippen molar-refractivity contribution in [3.8, 4) is 0 Å². The van der Waals surface area contributed by atoms with Crippen molar-refractivity contribution < 1.29 is 14.7 Å². The number of aliphatic carboxylic acids is 1. The van der Waals surface area contributed by atoms with Crippen molar-refractivity contribution in [1.29, 1.82) is 0 Å². The van der Waals surface area contributed by atoms with Gasteiger partial charge in [-0.15, -0.1) is 0 Å². The van der Waals surface area contributed by atoms with E-state index in [1.165, 1.54) is 0 Å². The highest BCUT2D eigenvalue weighted by Gasteiger charge is 2.10. The smallest absolute Gasteiger partial charge is 0.315 e. The molecule has 1 aromatic heterocycles. The molecule has 17 heavy (non-hydrogen) atoms. The minimum atomic E-state index is -0.952. The van der Waals surface area contributed by atoms with Crippen LogP contribution in [0.25, 0.3) is 0 Å². The molecule has 0 bridgehead atoms. The summed E-state index contributed by atoms with van der Waals surface area (Å²) < 4.78 is 0. The van der Waals surface area contributed by atoms with E-state index in [-0.39, 0.29) is 13.0 Å². The lowest BCUT2D eigenvalue weighted by molar-refractivity contribution is -0.137. The van der Waals surface area contributed by atoms with E-state index in [0.717, 1.165) is 0 Å². The van der Waals surface area contributed by atoms with Gasteiger partial charge in [0.25, 0.3) is 0 Å². The van der Waals surface area contributed by atoms with Crippen LogP contribution in [0.2, 0.25) is 0 Å². The lowest BCUT2D eigenvalue weighted by Gasteiger charge is -2.12. The summed E-state index contributed by atoms with van der Waals surface area (Å²) >= 11 is 0. The number of carboxylic acid groups (broad SMARTS) is 1. The minimum absolute atomic E-state index is 0.113. The summed E-state index contributed by atoms with van der Waals surface area (Å²) in [5.74, 6) is -0.952. The van der Waals surface area contributed by atoms with Crippen LogP contribution in [0, 0.1) is 0 Å². The van der Waals surface area contributed by atoms with Crippen molar-refractivity contribution in [2.75, 3.05) is 0 Å². The molecule has 0 aliphatic heterocycles. The largest absolute Gasteiger partial charge is 0.481 e. The normalized spacial score (nSPS) is 11.6. The minimum Gasteiger partial charge on any atom is -0.481 e. The van der Waals surface area contributed by atoms with E-state index in [0.29, 0.717) is 5.69 Å². The van der Waals surface area contributed by atoms with Gasteiger partial charge < -0.3 is 15.7 Å². The molecule has 0 aliphatic rings. The summed E-state index contributed by atoms with van der Waals surface area (Å²) in [6.45, 7) is 1.87. The van der Waals surface area contributed by atoms with E-state index in [1.807, 2.05) is 0 Å². The molecule has 1 aromatic rings. The summed E-state index contributed by atoms with van der Waals surface area (Å²) in [7, 11) is 0. The molecule has 1 heterocycles. The molecule has 1 rings (SSSR count). The molecule has 0 fully saturated rings. The molecule has 0 aliphatic carbocycles. The highest BCUT2D eigenvalue weighted by atomic mass is 16.4. The lowest BCUT2D eigenvalue weighted by Crippen LogP contribution is -2.41. The van der Waals surface area contributed by atoms with Crippen molar-refractivity contribution in [2.45, 2.75) is 25.9 Å². The van der Waals surface area contributed by atoms with Gasteiger partial charge in [0, 0.05) is 12.2 Å². The Morgan fingerprint density at radius 3 is 2.88 bits per heavy atom. The van der Waals surface area contributed by atoms with Crippen molar-refractivity contribution in [3.05, 3.63) is 24.0 Å². The molecule has 92 valence electrons. The molecule has 0 radical (unpaired) electrons. The number of aromatic nitrogens is 2. The topological polar surface area (TPSA) is 104 Å². The fraction of sp³-hybridized carbons (Fsp3) is 0.400. The predicted molar refractivity (Wildman–Crippen MR) is 59.1 cm³/mol. The molecule has 2 amide bonds. The molecule has 0 saturated carbocycles. The van der Waals surface area contributed by atoms with Crippen LogP contribution < -0.4 is 10.6 Å². The molecule has 3 N–H and O–H groups in total. The first-order valence-electron chi connectivity index (χ1n) is 5.10. The van der Waals surface area contributed by atoms with Crippen molar-refractivity contribution in [2.24, 2.45) is 0 Å². The van der Waals surface area contributed by atoms with Crippen LogP contribution in [0.5, 0.6) is 0 Å². The third-order valence-corrected chi connectivity index (χ3v) is 1.92. The van der Waals surface area contributed by atoms with Gasteiger partial charge in [0.05, 0.1) is 18.7 Å². The van der Waals surface area contributed by atoms with Crippen LogP contribution in [-0.2, 0) is 11.3 Å². The standard InChI is InChI=1S/C10H14N4O3/c1-7(5-9(15)16)13-10(17)11-6-8-3-2-4-12-14-8/h2-4,7H,5-6H2,1H3,(H,15,16)(H2,11,13,17). The Hall–Kier alpha value is -2.18. The zero-order valence-corrected chi connectivity index (χ0v) is 9.38. The monoisotopic (exact) mass is 238 g/mol. The summed E-state index contributed by atoms with van der Waals surface area (Å²) in [6.07, 6.45) is 1.43. The number of carboxylic acids is 1. The molecule has 0 aromatic carbocycles. The Bertz CT molecular complexity index is 382. The van der Waals surface area contributed by atoms with Gasteiger partial charge in [-0.3, -0.25) is 4.79 Å². The van der Waals surface area contributed by atoms with Gasteiger partial charge in [-0.25, -0.2) is 4.79 Å². The number of rotatable bonds is 5. The predicted octanol–water partition coefficient (Wildman–Crippen LogP) is 0.139. The van der Waals surface area contributed by atoms with Crippen molar-refractivity contribution in [3.63, 3.8) is 0 Å². The third-order valence-electron chi connectivity index (χ3n) is 1.92. The first-order chi connectivity index (χ1) is 8.08. The van der Waals surface area contributed by atoms with E-state index >= 15 is 0 Å². The quantitative estimate of drug-likeness (QED) is 0.676. The average molecular weight is 238 g/mol. The van der Waals surface area contributed by atoms with E-state index < -0.39 is 18.0 Å². The molecule has 0 saturated heterocycles. The summed E-state index contributed by atoms with van der Waals surface area (Å²) in [5, 5.41) is 21.0. The number of hydrogen-bond donors (Lipinski definition) is 3. The van der Waals surface area contributed by atoms with E-state index in [9.17, 15) is 9.59 Å². The van der Waals surface area contributed by atoms with E-state index in [1.54, 1.807) is 25.3 Å². The number of nitrogens with one attached hydrogen (secondary N) is 2. The Morgan fingerprint density at radius 1 is 1.53 bits per heavy atom. The van der Waals surface area contributed by atoms with Crippen molar-refractivity contribution >= 4 is 12.0 Å². The number of nitrogens with zero attached hydrogens (tertiary/aromatic N) is 2.